The number of benzene rings is 2. The lowest BCUT2D eigenvalue weighted by molar-refractivity contribution is -0.112. The monoisotopic (exact) mass is 297 g/mol. The van der Waals surface area contributed by atoms with Crippen molar-refractivity contribution >= 4 is 17.7 Å². The van der Waals surface area contributed by atoms with Gasteiger partial charge in [-0.05, 0) is 29.8 Å². The molecule has 0 saturated carbocycles. The second-order valence-electron chi connectivity index (χ2n) is 4.81. The standard InChI is InChI=1S/C18H19NO3/c20-11-4-12-22-18-9-7-16(8-10-18)19-14-17(21)13-15-5-2-1-3-6-15/h1-3,5-10,14,20H,4,11-13H2. The molecule has 2 aromatic rings. The molecule has 0 spiro atoms. The first-order valence-corrected chi connectivity index (χ1v) is 7.22. The number of hydrogen-bond donors (Lipinski definition) is 1. The number of hydrogen-bond acceptors (Lipinski definition) is 4. The topological polar surface area (TPSA) is 58.9 Å². The van der Waals surface area contributed by atoms with E-state index in [4.69, 9.17) is 9.84 Å². The molecule has 0 saturated heterocycles. The summed E-state index contributed by atoms with van der Waals surface area (Å²) in [6.07, 6.45) is 2.31. The van der Waals surface area contributed by atoms with Crippen LogP contribution in [0.2, 0.25) is 0 Å². The number of ether oxygens (including phenoxy) is 1. The highest BCUT2D eigenvalue weighted by Gasteiger charge is 2.00. The van der Waals surface area contributed by atoms with Gasteiger partial charge in [0, 0.05) is 19.4 Å². The van der Waals surface area contributed by atoms with Crippen molar-refractivity contribution in [1.29, 1.82) is 0 Å². The van der Waals surface area contributed by atoms with Gasteiger partial charge in [0.15, 0.2) is 5.78 Å². The van der Waals surface area contributed by atoms with Crippen LogP contribution in [0.5, 0.6) is 5.75 Å². The SMILES string of the molecule is O=C(C=Nc1ccc(OCCCO)cc1)Cc1ccccc1. The van der Waals surface area contributed by atoms with Crippen LogP contribution in [0.15, 0.2) is 59.6 Å². The predicted octanol–water partition coefficient (Wildman–Crippen LogP) is 2.96. The molecule has 0 aliphatic carbocycles. The van der Waals surface area contributed by atoms with E-state index in [1.165, 1.54) is 6.21 Å². The highest BCUT2D eigenvalue weighted by Crippen LogP contribution is 2.17. The molecule has 0 amide bonds. The summed E-state index contributed by atoms with van der Waals surface area (Å²) in [6.45, 7) is 0.598. The molecule has 2 rings (SSSR count). The lowest BCUT2D eigenvalue weighted by Gasteiger charge is -2.04. The van der Waals surface area contributed by atoms with Gasteiger partial charge in [0.05, 0.1) is 18.5 Å². The van der Waals surface area contributed by atoms with Crippen molar-refractivity contribution in [3.63, 3.8) is 0 Å². The van der Waals surface area contributed by atoms with E-state index in [2.05, 4.69) is 4.99 Å². The Balaban J connectivity index is 1.85. The van der Waals surface area contributed by atoms with Gasteiger partial charge in [-0.15, -0.1) is 0 Å². The number of aliphatic hydroxyl groups excluding tert-OH is 1. The van der Waals surface area contributed by atoms with Crippen LogP contribution in [0.4, 0.5) is 5.69 Å². The van der Waals surface area contributed by atoms with E-state index >= 15 is 0 Å². The summed E-state index contributed by atoms with van der Waals surface area (Å²) in [5.41, 5.74) is 1.68. The molecule has 114 valence electrons. The van der Waals surface area contributed by atoms with Crippen LogP contribution in [0.3, 0.4) is 0 Å². The molecule has 0 fully saturated rings. The molecule has 4 heteroatoms. The van der Waals surface area contributed by atoms with Crippen LogP contribution in [0.1, 0.15) is 12.0 Å². The van der Waals surface area contributed by atoms with Crippen molar-refractivity contribution in [1.82, 2.24) is 0 Å². The summed E-state index contributed by atoms with van der Waals surface area (Å²) in [5, 5.41) is 8.68. The summed E-state index contributed by atoms with van der Waals surface area (Å²) in [5.74, 6) is 0.692. The highest BCUT2D eigenvalue weighted by atomic mass is 16.5. The number of carbonyl (C=O) groups is 1. The van der Waals surface area contributed by atoms with Gasteiger partial charge < -0.3 is 9.84 Å². The lowest BCUT2D eigenvalue weighted by atomic mass is 10.1. The van der Waals surface area contributed by atoms with Crippen LogP contribution in [-0.2, 0) is 11.2 Å². The average molecular weight is 297 g/mol. The highest BCUT2D eigenvalue weighted by molar-refractivity contribution is 6.28. The Hall–Kier alpha value is -2.46. The molecule has 1 N–H and O–H groups in total. The van der Waals surface area contributed by atoms with E-state index < -0.39 is 0 Å². The molecule has 0 unspecified atom stereocenters. The first-order valence-electron chi connectivity index (χ1n) is 7.22. The summed E-state index contributed by atoms with van der Waals surface area (Å²) in [6, 6.07) is 16.8. The van der Waals surface area contributed by atoms with Crippen molar-refractivity contribution in [3.8, 4) is 5.75 Å². The van der Waals surface area contributed by atoms with Crippen LogP contribution in [-0.4, -0.2) is 30.3 Å². The third-order valence-corrected chi connectivity index (χ3v) is 2.99. The number of aliphatic imine (C=N–C) groups is 1. The summed E-state index contributed by atoms with van der Waals surface area (Å²) < 4.78 is 5.43. The van der Waals surface area contributed by atoms with Gasteiger partial charge >= 0.3 is 0 Å². The number of Topliss-reactive ketones (excluding diaryl/α,β-unsaturated/α-hetero) is 1. The van der Waals surface area contributed by atoms with E-state index in [9.17, 15) is 4.79 Å². The molecule has 0 bridgehead atoms. The largest absolute Gasteiger partial charge is 0.494 e. The fourth-order valence-corrected chi connectivity index (χ4v) is 1.87. The summed E-state index contributed by atoms with van der Waals surface area (Å²) in [4.78, 5) is 16.0. The first kappa shape index (κ1) is 15.9. The maximum Gasteiger partial charge on any atom is 0.178 e. The number of nitrogens with zero attached hydrogens (tertiary/aromatic N) is 1. The minimum absolute atomic E-state index is 0.0329. The Morgan fingerprint density at radius 1 is 1.09 bits per heavy atom. The minimum atomic E-state index is -0.0329. The molecule has 0 radical (unpaired) electrons. The van der Waals surface area contributed by atoms with Gasteiger partial charge in [-0.3, -0.25) is 9.79 Å². The molecular formula is C18H19NO3. The van der Waals surface area contributed by atoms with Crippen LogP contribution in [0, 0.1) is 0 Å². The first-order chi connectivity index (χ1) is 10.8. The van der Waals surface area contributed by atoms with Gasteiger partial charge in [0.25, 0.3) is 0 Å². The molecular weight excluding hydrogens is 278 g/mol. The maximum atomic E-state index is 11.8. The Labute approximate surface area is 130 Å². The fraction of sp³-hybridized carbons (Fsp3) is 0.222. The lowest BCUT2D eigenvalue weighted by Crippen LogP contribution is -2.03. The van der Waals surface area contributed by atoms with Gasteiger partial charge in [0.1, 0.15) is 5.75 Å². The second kappa shape index (κ2) is 8.74. The average Bonchev–Trinajstić information content (AvgIpc) is 2.55. The Kier molecular flexibility index (Phi) is 6.33. The molecule has 0 aliphatic heterocycles. The third kappa shape index (κ3) is 5.50. The van der Waals surface area contributed by atoms with E-state index in [0.29, 0.717) is 25.1 Å². The summed E-state index contributed by atoms with van der Waals surface area (Å²) >= 11 is 0. The third-order valence-electron chi connectivity index (χ3n) is 2.99. The van der Waals surface area contributed by atoms with Crippen LogP contribution >= 0.6 is 0 Å². The number of ketones is 1. The van der Waals surface area contributed by atoms with Crippen molar-refractivity contribution < 1.29 is 14.6 Å². The predicted molar refractivity (Wildman–Crippen MR) is 86.9 cm³/mol. The number of aliphatic hydroxyl groups is 1. The zero-order valence-electron chi connectivity index (χ0n) is 12.3. The van der Waals surface area contributed by atoms with Crippen LogP contribution in [0.25, 0.3) is 0 Å². The van der Waals surface area contributed by atoms with E-state index in [1.807, 2.05) is 30.3 Å². The smallest absolute Gasteiger partial charge is 0.178 e. The molecule has 0 aromatic heterocycles. The van der Waals surface area contributed by atoms with E-state index in [-0.39, 0.29) is 12.4 Å². The van der Waals surface area contributed by atoms with Gasteiger partial charge in [-0.1, -0.05) is 30.3 Å². The number of rotatable bonds is 8. The minimum Gasteiger partial charge on any atom is -0.494 e. The Bertz CT molecular complexity index is 606. The molecule has 22 heavy (non-hydrogen) atoms. The Morgan fingerprint density at radius 3 is 2.50 bits per heavy atom. The van der Waals surface area contributed by atoms with Gasteiger partial charge in [-0.2, -0.15) is 0 Å². The second-order valence-corrected chi connectivity index (χ2v) is 4.81. The van der Waals surface area contributed by atoms with Crippen molar-refractivity contribution in [3.05, 3.63) is 60.2 Å². The van der Waals surface area contributed by atoms with Gasteiger partial charge in [0.2, 0.25) is 0 Å². The zero-order valence-corrected chi connectivity index (χ0v) is 12.3. The van der Waals surface area contributed by atoms with Crippen molar-refractivity contribution in [2.24, 2.45) is 4.99 Å². The molecule has 0 aliphatic rings. The Morgan fingerprint density at radius 2 is 1.82 bits per heavy atom. The van der Waals surface area contributed by atoms with Crippen LogP contribution < -0.4 is 4.74 Å². The molecule has 0 atom stereocenters. The molecule has 2 aromatic carbocycles. The summed E-state index contributed by atoms with van der Waals surface area (Å²) in [7, 11) is 0. The zero-order chi connectivity index (χ0) is 15.6. The van der Waals surface area contributed by atoms with E-state index in [1.54, 1.807) is 24.3 Å². The molecule has 4 nitrogen and oxygen atoms in total. The quantitative estimate of drug-likeness (QED) is 0.602. The molecule has 0 heterocycles. The fourth-order valence-electron chi connectivity index (χ4n) is 1.87. The van der Waals surface area contributed by atoms with E-state index in [0.717, 1.165) is 11.3 Å². The normalized spacial score (nSPS) is 10.8. The number of carbonyl (C=O) groups excluding carboxylic acids is 1. The van der Waals surface area contributed by atoms with Gasteiger partial charge in [-0.25, -0.2) is 0 Å². The van der Waals surface area contributed by atoms with Crippen molar-refractivity contribution in [2.75, 3.05) is 13.2 Å². The van der Waals surface area contributed by atoms with Crippen molar-refractivity contribution in [2.45, 2.75) is 12.8 Å². The maximum absolute atomic E-state index is 11.8.